The Balaban J connectivity index is 1.53. The Morgan fingerprint density at radius 3 is 1.51 bits per heavy atom. The molecule has 0 aliphatic heterocycles. The summed E-state index contributed by atoms with van der Waals surface area (Å²) in [7, 11) is 0. The zero-order valence-corrected chi connectivity index (χ0v) is 23.6. The quantitative estimate of drug-likeness (QED) is 0.0866. The van der Waals surface area contributed by atoms with Gasteiger partial charge in [0.25, 0.3) is 6.43 Å². The van der Waals surface area contributed by atoms with Gasteiger partial charge in [-0.25, -0.2) is 28.0 Å². The lowest BCUT2D eigenvalue weighted by molar-refractivity contribution is -0.145. The molecule has 0 heterocycles. The minimum atomic E-state index is -3.04. The van der Waals surface area contributed by atoms with Crippen molar-refractivity contribution in [2.75, 3.05) is 13.6 Å². The molecule has 0 saturated carbocycles. The molecular formula is C33H26F2O10. The summed E-state index contributed by atoms with van der Waals surface area (Å²) >= 11 is 0. The van der Waals surface area contributed by atoms with Gasteiger partial charge in [0.2, 0.25) is 13.6 Å². The van der Waals surface area contributed by atoms with Gasteiger partial charge in [0.15, 0.2) is 0 Å². The second kappa shape index (κ2) is 17.2. The van der Waals surface area contributed by atoms with Gasteiger partial charge in [-0.2, -0.15) is 0 Å². The van der Waals surface area contributed by atoms with E-state index in [1.54, 1.807) is 48.5 Å². The van der Waals surface area contributed by atoms with Gasteiger partial charge in [-0.3, -0.25) is 0 Å². The zero-order chi connectivity index (χ0) is 32.6. The fourth-order valence-electron chi connectivity index (χ4n) is 3.25. The molecule has 0 N–H and O–H groups in total. The van der Waals surface area contributed by atoms with E-state index in [1.807, 2.05) is 0 Å². The number of hydrogen-bond acceptors (Lipinski definition) is 10. The molecule has 45 heavy (non-hydrogen) atoms. The van der Waals surface area contributed by atoms with Gasteiger partial charge in [-0.1, -0.05) is 37.4 Å². The predicted molar refractivity (Wildman–Crippen MR) is 157 cm³/mol. The van der Waals surface area contributed by atoms with Crippen LogP contribution in [0.2, 0.25) is 0 Å². The van der Waals surface area contributed by atoms with E-state index in [-0.39, 0.29) is 19.3 Å². The van der Waals surface area contributed by atoms with E-state index in [4.69, 9.17) is 28.4 Å². The minimum Gasteiger partial charge on any atom is -0.457 e. The molecule has 0 fully saturated rings. The molecule has 3 aromatic rings. The van der Waals surface area contributed by atoms with Crippen molar-refractivity contribution in [3.63, 3.8) is 0 Å². The Bertz CT molecular complexity index is 1580. The Hall–Kier alpha value is -6.04. The van der Waals surface area contributed by atoms with Gasteiger partial charge in [-0.15, -0.1) is 0 Å². The van der Waals surface area contributed by atoms with Gasteiger partial charge in [0.1, 0.15) is 23.0 Å². The monoisotopic (exact) mass is 620 g/mol. The van der Waals surface area contributed by atoms with Crippen LogP contribution in [0.25, 0.3) is 12.2 Å². The summed E-state index contributed by atoms with van der Waals surface area (Å²) < 4.78 is 57.5. The average Bonchev–Trinajstić information content (AvgIpc) is 3.04. The summed E-state index contributed by atoms with van der Waals surface area (Å²) in [4.78, 5) is 46.6. The first-order chi connectivity index (χ1) is 21.7. The van der Waals surface area contributed by atoms with Crippen molar-refractivity contribution in [1.82, 2.24) is 0 Å². The van der Waals surface area contributed by atoms with E-state index in [0.717, 1.165) is 36.4 Å². The summed E-state index contributed by atoms with van der Waals surface area (Å²) in [5.74, 6) is -2.81. The molecule has 232 valence electrons. The summed E-state index contributed by atoms with van der Waals surface area (Å²) in [6.45, 7) is 5.93. The normalized spacial score (nSPS) is 10.7. The number of benzene rings is 3. The van der Waals surface area contributed by atoms with Gasteiger partial charge in [0.05, 0.1) is 5.56 Å². The molecule has 0 aliphatic rings. The van der Waals surface area contributed by atoms with Crippen LogP contribution >= 0.6 is 0 Å². The standard InChI is InChI=1S/C33H26F2O10/c1-3-29(36)42-20-40-24-11-5-22(6-12-24)9-17-31(38)44-26-15-16-28(27(19-26)33(34)35)45-32(39)18-10-23-7-13-25(14-8-23)41-21-43-30(37)4-2/h3-19,33H,1-2,20-21H2/b17-9+,18-10+. The topological polar surface area (TPSA) is 124 Å². The first kappa shape index (κ1) is 33.5. The van der Waals surface area contributed by atoms with Crippen molar-refractivity contribution in [3.8, 4) is 23.0 Å². The van der Waals surface area contributed by atoms with Crippen molar-refractivity contribution < 1.29 is 56.4 Å². The van der Waals surface area contributed by atoms with Crippen molar-refractivity contribution in [2.24, 2.45) is 0 Å². The van der Waals surface area contributed by atoms with Gasteiger partial charge in [0, 0.05) is 24.3 Å². The van der Waals surface area contributed by atoms with Crippen LogP contribution in [0.1, 0.15) is 23.1 Å². The number of rotatable bonds is 15. The van der Waals surface area contributed by atoms with Crippen LogP contribution in [0, 0.1) is 0 Å². The molecule has 0 saturated heterocycles. The number of alkyl halides is 2. The molecule has 12 heteroatoms. The number of halogens is 2. The van der Waals surface area contributed by atoms with Crippen LogP contribution in [0.4, 0.5) is 8.78 Å². The minimum absolute atomic E-state index is 0.185. The maximum Gasteiger partial charge on any atom is 0.336 e. The van der Waals surface area contributed by atoms with Crippen LogP contribution in [0.15, 0.2) is 104 Å². The predicted octanol–water partition coefficient (Wildman–Crippen LogP) is 5.99. The van der Waals surface area contributed by atoms with Crippen molar-refractivity contribution in [3.05, 3.63) is 121 Å². The third-order valence-electron chi connectivity index (χ3n) is 5.42. The van der Waals surface area contributed by atoms with Gasteiger partial charge >= 0.3 is 23.9 Å². The molecule has 0 aromatic heterocycles. The number of carbonyl (C=O) groups excluding carboxylic acids is 4. The Morgan fingerprint density at radius 2 is 1.07 bits per heavy atom. The highest BCUT2D eigenvalue weighted by atomic mass is 19.3. The highest BCUT2D eigenvalue weighted by molar-refractivity contribution is 5.90. The second-order valence-corrected chi connectivity index (χ2v) is 8.51. The molecular weight excluding hydrogens is 594 g/mol. The van der Waals surface area contributed by atoms with E-state index >= 15 is 0 Å². The molecule has 0 atom stereocenters. The summed E-state index contributed by atoms with van der Waals surface area (Å²) in [6, 6.07) is 15.9. The number of ether oxygens (including phenoxy) is 6. The van der Waals surface area contributed by atoms with Crippen LogP contribution in [0.5, 0.6) is 23.0 Å². The van der Waals surface area contributed by atoms with E-state index in [2.05, 4.69) is 13.2 Å². The third-order valence-corrected chi connectivity index (χ3v) is 5.42. The maximum absolute atomic E-state index is 13.7. The SMILES string of the molecule is C=CC(=O)OCOc1ccc(/C=C/C(=O)Oc2ccc(OC(=O)/C=C/c3ccc(OCOC(=O)C=C)cc3)c(C(F)F)c2)cc1. The lowest BCUT2D eigenvalue weighted by Crippen LogP contribution is -2.08. The summed E-state index contributed by atoms with van der Waals surface area (Å²) in [5.41, 5.74) is 0.517. The van der Waals surface area contributed by atoms with Gasteiger partial charge < -0.3 is 28.4 Å². The molecule has 0 radical (unpaired) electrons. The lowest BCUT2D eigenvalue weighted by Gasteiger charge is -2.10. The van der Waals surface area contributed by atoms with Crippen molar-refractivity contribution in [1.29, 1.82) is 0 Å². The van der Waals surface area contributed by atoms with E-state index < -0.39 is 41.6 Å². The zero-order valence-electron chi connectivity index (χ0n) is 23.6. The fraction of sp³-hybridized carbons (Fsp3) is 0.0909. The highest BCUT2D eigenvalue weighted by Crippen LogP contribution is 2.33. The largest absolute Gasteiger partial charge is 0.457 e. The van der Waals surface area contributed by atoms with Crippen LogP contribution < -0.4 is 18.9 Å². The lowest BCUT2D eigenvalue weighted by atomic mass is 10.2. The van der Waals surface area contributed by atoms with Crippen LogP contribution in [-0.4, -0.2) is 37.5 Å². The number of esters is 4. The number of carbonyl (C=O) groups is 4. The van der Waals surface area contributed by atoms with Crippen molar-refractivity contribution in [2.45, 2.75) is 6.43 Å². The van der Waals surface area contributed by atoms with Gasteiger partial charge in [-0.05, 0) is 65.7 Å². The average molecular weight is 621 g/mol. The molecule has 0 aliphatic carbocycles. The summed E-state index contributed by atoms with van der Waals surface area (Å²) in [6.07, 6.45) is 3.94. The second-order valence-electron chi connectivity index (χ2n) is 8.51. The molecule has 3 rings (SSSR count). The first-order valence-electron chi connectivity index (χ1n) is 12.9. The highest BCUT2D eigenvalue weighted by Gasteiger charge is 2.18. The number of hydrogen-bond donors (Lipinski definition) is 0. The van der Waals surface area contributed by atoms with E-state index in [9.17, 15) is 28.0 Å². The molecule has 10 nitrogen and oxygen atoms in total. The summed E-state index contributed by atoms with van der Waals surface area (Å²) in [5, 5.41) is 0. The van der Waals surface area contributed by atoms with Crippen LogP contribution in [-0.2, 0) is 28.7 Å². The molecule has 0 unspecified atom stereocenters. The molecule has 0 amide bonds. The molecule has 0 spiro atoms. The van der Waals surface area contributed by atoms with E-state index in [0.29, 0.717) is 22.6 Å². The fourth-order valence-corrected chi connectivity index (χ4v) is 3.25. The Morgan fingerprint density at radius 1 is 0.622 bits per heavy atom. The Kier molecular flexibility index (Phi) is 12.8. The third kappa shape index (κ3) is 11.6. The maximum atomic E-state index is 13.7. The smallest absolute Gasteiger partial charge is 0.336 e. The first-order valence-corrected chi connectivity index (χ1v) is 12.9. The van der Waals surface area contributed by atoms with Crippen LogP contribution in [0.3, 0.4) is 0 Å². The molecule has 3 aromatic carbocycles. The molecule has 0 bridgehead atoms. The Labute approximate surface area is 256 Å². The van der Waals surface area contributed by atoms with E-state index in [1.165, 1.54) is 18.2 Å². The van der Waals surface area contributed by atoms with Crippen molar-refractivity contribution >= 4 is 36.0 Å².